The second-order valence-corrected chi connectivity index (χ2v) is 9.88. The van der Waals surface area contributed by atoms with Gasteiger partial charge in [0.05, 0.1) is 13.2 Å². The minimum Gasteiger partial charge on any atom is -0.479 e. The largest absolute Gasteiger partial charge is 0.479 e. The second-order valence-electron chi connectivity index (χ2n) is 9.88. The van der Waals surface area contributed by atoms with Gasteiger partial charge in [-0.1, -0.05) is 0 Å². The lowest BCUT2D eigenvalue weighted by atomic mass is 9.95. The maximum absolute atomic E-state index is 11.8. The van der Waals surface area contributed by atoms with Crippen LogP contribution in [0.25, 0.3) is 0 Å². The zero-order chi connectivity index (χ0) is 30.8. The average Bonchev–Trinajstić information content (AvgIpc) is 2.90. The van der Waals surface area contributed by atoms with Crippen molar-refractivity contribution >= 4 is 17.8 Å². The van der Waals surface area contributed by atoms with Crippen LogP contribution in [0.5, 0.6) is 0 Å². The van der Waals surface area contributed by atoms with E-state index < -0.39 is 123 Å². The number of hydrogen-bond acceptors (Lipinski definition) is 16. The number of aliphatic hydroxyl groups is 8. The van der Waals surface area contributed by atoms with Gasteiger partial charge in [0.15, 0.2) is 25.0 Å². The highest BCUT2D eigenvalue weighted by atomic mass is 16.7. The molecule has 2 amide bonds. The van der Waals surface area contributed by atoms with Gasteiger partial charge in [-0.2, -0.15) is 0 Å². The maximum atomic E-state index is 11.8. The van der Waals surface area contributed by atoms with Gasteiger partial charge in [-0.25, -0.2) is 4.79 Å². The number of ether oxygens (including phenoxy) is 5. The van der Waals surface area contributed by atoms with E-state index in [2.05, 4.69) is 10.6 Å². The SMILES string of the molecule is CC(=O)N[C@@H]1[C@@H](O[C@@H]2O[C@H](C(=O)O)[C@@H](O)[C@H](O)[C@H]2O)[C@@H](O)[C@@H](CO[C@@H]2O[C@H](CO)[C@H](O)[C@H](O)[C@H]2NC(C)=O)O[C@H]1O. The fraction of sp³-hybridized carbons (Fsp3) is 0.864. The first kappa shape index (κ1) is 33.4. The molecule has 0 spiro atoms. The lowest BCUT2D eigenvalue weighted by molar-refractivity contribution is -0.341. The smallest absolute Gasteiger partial charge is 0.335 e. The van der Waals surface area contributed by atoms with E-state index in [4.69, 9.17) is 23.7 Å². The van der Waals surface area contributed by atoms with Crippen LogP contribution in [0.15, 0.2) is 0 Å². The van der Waals surface area contributed by atoms with Crippen LogP contribution >= 0.6 is 0 Å². The molecular formula is C22H36N2O17. The molecule has 3 aliphatic rings. The number of nitrogens with one attached hydrogen (secondary N) is 2. The molecule has 3 saturated heterocycles. The van der Waals surface area contributed by atoms with Gasteiger partial charge in [0, 0.05) is 13.8 Å². The summed E-state index contributed by atoms with van der Waals surface area (Å²) in [6.07, 6.45) is -23.2. The lowest BCUT2D eigenvalue weighted by Crippen LogP contribution is -2.68. The third-order valence-electron chi connectivity index (χ3n) is 6.84. The van der Waals surface area contributed by atoms with Gasteiger partial charge < -0.3 is 80.3 Å². The Bertz CT molecular complexity index is 927. The summed E-state index contributed by atoms with van der Waals surface area (Å²) >= 11 is 0. The Morgan fingerprint density at radius 3 is 1.88 bits per heavy atom. The summed E-state index contributed by atoms with van der Waals surface area (Å²) in [6.45, 7) is 0.801. The van der Waals surface area contributed by atoms with Crippen LogP contribution in [-0.2, 0) is 38.1 Å². The highest BCUT2D eigenvalue weighted by Crippen LogP contribution is 2.30. The summed E-state index contributed by atoms with van der Waals surface area (Å²) in [5.41, 5.74) is 0. The van der Waals surface area contributed by atoms with Crippen LogP contribution in [0.4, 0.5) is 0 Å². The minimum absolute atomic E-state index is 0.630. The topological polar surface area (TPSA) is 303 Å². The van der Waals surface area contributed by atoms with E-state index in [1.165, 1.54) is 0 Å². The van der Waals surface area contributed by atoms with E-state index in [9.17, 15) is 60.3 Å². The predicted molar refractivity (Wildman–Crippen MR) is 125 cm³/mol. The fourth-order valence-electron chi connectivity index (χ4n) is 4.74. The number of hydrogen-bond donors (Lipinski definition) is 11. The highest BCUT2D eigenvalue weighted by molar-refractivity contribution is 5.74. The van der Waals surface area contributed by atoms with Crippen LogP contribution in [0.1, 0.15) is 13.8 Å². The standard InChI is InChI=1S/C22H36N2O17/c1-5(26)23-9-13(30)11(28)7(3-25)39-21(9)37-4-8-12(29)17(10(20(36)38-8)24-6(2)27)40-22-16(33)14(31)15(32)18(41-22)19(34)35/h7-18,20-22,25,28-33,36H,3-4H2,1-2H3,(H,23,26)(H,24,27)(H,34,35)/t7-,8-,9-,10-,11+,12+,13-,14+,15+,16-,17-,18+,20-,21-,22-/m1/s1. The predicted octanol–water partition coefficient (Wildman–Crippen LogP) is -7.19. The molecule has 0 unspecified atom stereocenters. The first-order valence-electron chi connectivity index (χ1n) is 12.6. The van der Waals surface area contributed by atoms with Crippen molar-refractivity contribution in [3.63, 3.8) is 0 Å². The van der Waals surface area contributed by atoms with Crippen LogP contribution in [-0.4, -0.2) is 169 Å². The van der Waals surface area contributed by atoms with E-state index in [1.54, 1.807) is 0 Å². The quantitative estimate of drug-likeness (QED) is 0.117. The Balaban J connectivity index is 1.80. The summed E-state index contributed by atoms with van der Waals surface area (Å²) in [7, 11) is 0. The number of aliphatic carboxylic acids is 1. The molecule has 11 N–H and O–H groups in total. The molecule has 0 aromatic carbocycles. The number of rotatable bonds is 9. The number of carbonyl (C=O) groups is 3. The molecule has 0 bridgehead atoms. The molecule has 19 heteroatoms. The molecule has 41 heavy (non-hydrogen) atoms. The zero-order valence-corrected chi connectivity index (χ0v) is 21.9. The molecule has 0 radical (unpaired) electrons. The van der Waals surface area contributed by atoms with Crippen LogP contribution in [0.2, 0.25) is 0 Å². The third-order valence-corrected chi connectivity index (χ3v) is 6.84. The number of carbonyl (C=O) groups excluding carboxylic acids is 2. The van der Waals surface area contributed by atoms with Gasteiger partial charge in [-0.3, -0.25) is 9.59 Å². The number of carboxylic acid groups (broad SMARTS) is 1. The van der Waals surface area contributed by atoms with Gasteiger partial charge in [0.2, 0.25) is 11.8 Å². The first-order valence-corrected chi connectivity index (χ1v) is 12.6. The Hall–Kier alpha value is -2.11. The van der Waals surface area contributed by atoms with Crippen molar-refractivity contribution in [3.05, 3.63) is 0 Å². The molecule has 3 aliphatic heterocycles. The van der Waals surface area contributed by atoms with E-state index in [0.717, 1.165) is 13.8 Å². The fourth-order valence-corrected chi connectivity index (χ4v) is 4.74. The third kappa shape index (κ3) is 7.46. The zero-order valence-electron chi connectivity index (χ0n) is 21.9. The molecule has 3 rings (SSSR count). The molecule has 0 aromatic heterocycles. The Kier molecular flexibility index (Phi) is 11.3. The van der Waals surface area contributed by atoms with Gasteiger partial charge in [0.1, 0.15) is 67.0 Å². The van der Waals surface area contributed by atoms with Crippen LogP contribution < -0.4 is 10.6 Å². The Morgan fingerprint density at radius 2 is 1.32 bits per heavy atom. The van der Waals surface area contributed by atoms with Crippen molar-refractivity contribution in [3.8, 4) is 0 Å². The molecule has 15 atom stereocenters. The van der Waals surface area contributed by atoms with Crippen molar-refractivity contribution < 1.29 is 84.0 Å². The van der Waals surface area contributed by atoms with Crippen LogP contribution in [0.3, 0.4) is 0 Å². The highest BCUT2D eigenvalue weighted by Gasteiger charge is 2.53. The Labute approximate surface area is 232 Å². The van der Waals surface area contributed by atoms with E-state index in [0.29, 0.717) is 0 Å². The molecule has 0 aliphatic carbocycles. The monoisotopic (exact) mass is 600 g/mol. The molecule has 3 fully saturated rings. The normalized spacial score (nSPS) is 45.1. The molecular weight excluding hydrogens is 564 g/mol. The summed E-state index contributed by atoms with van der Waals surface area (Å²) in [4.78, 5) is 34.9. The van der Waals surface area contributed by atoms with Gasteiger partial charge >= 0.3 is 5.97 Å². The summed E-state index contributed by atoms with van der Waals surface area (Å²) in [5.74, 6) is -3.05. The molecule has 19 nitrogen and oxygen atoms in total. The number of carboxylic acids is 1. The molecule has 0 saturated carbocycles. The lowest BCUT2D eigenvalue weighted by Gasteiger charge is -2.47. The van der Waals surface area contributed by atoms with Gasteiger partial charge in [-0.05, 0) is 0 Å². The maximum Gasteiger partial charge on any atom is 0.335 e. The summed E-state index contributed by atoms with van der Waals surface area (Å²) in [5, 5.41) is 96.0. The Morgan fingerprint density at radius 1 is 0.707 bits per heavy atom. The van der Waals surface area contributed by atoms with Crippen molar-refractivity contribution in [2.45, 2.75) is 106 Å². The molecule has 3 heterocycles. The van der Waals surface area contributed by atoms with Crippen molar-refractivity contribution in [2.24, 2.45) is 0 Å². The minimum atomic E-state index is -2.05. The summed E-state index contributed by atoms with van der Waals surface area (Å²) in [6, 6.07) is -2.88. The molecule has 0 aromatic rings. The van der Waals surface area contributed by atoms with Crippen molar-refractivity contribution in [2.75, 3.05) is 13.2 Å². The van der Waals surface area contributed by atoms with E-state index in [1.807, 2.05) is 0 Å². The van der Waals surface area contributed by atoms with Crippen molar-refractivity contribution in [1.29, 1.82) is 0 Å². The van der Waals surface area contributed by atoms with Crippen LogP contribution in [0, 0.1) is 0 Å². The molecule has 236 valence electrons. The number of aliphatic hydroxyl groups excluding tert-OH is 8. The second kappa shape index (κ2) is 13.9. The summed E-state index contributed by atoms with van der Waals surface area (Å²) < 4.78 is 27.0. The number of amides is 2. The van der Waals surface area contributed by atoms with E-state index >= 15 is 0 Å². The van der Waals surface area contributed by atoms with Crippen molar-refractivity contribution in [1.82, 2.24) is 10.6 Å². The van der Waals surface area contributed by atoms with Gasteiger partial charge in [0.25, 0.3) is 0 Å². The van der Waals surface area contributed by atoms with E-state index in [-0.39, 0.29) is 0 Å². The average molecular weight is 601 g/mol. The first-order chi connectivity index (χ1) is 19.2. The van der Waals surface area contributed by atoms with Gasteiger partial charge in [-0.15, -0.1) is 0 Å².